The van der Waals surface area contributed by atoms with E-state index in [0.717, 1.165) is 13.0 Å². The number of aliphatic hydroxyl groups excluding tert-OH is 1. The molecule has 0 amide bonds. The van der Waals surface area contributed by atoms with E-state index in [2.05, 4.69) is 0 Å². The molecule has 6 heteroatoms. The maximum atomic E-state index is 11.3. The minimum absolute atomic E-state index is 0.0842. The molecule has 0 bridgehead atoms. The fourth-order valence-electron chi connectivity index (χ4n) is 2.28. The Morgan fingerprint density at radius 1 is 1.36 bits per heavy atom. The van der Waals surface area contributed by atoms with Gasteiger partial charge in [-0.05, 0) is 6.42 Å². The Morgan fingerprint density at radius 2 is 2.07 bits per heavy atom. The average molecular weight is 220 g/mol. The molecular weight excluding hydrogens is 204 g/mol. The average Bonchev–Trinajstić information content (AvgIpc) is 2.55. The van der Waals surface area contributed by atoms with Gasteiger partial charge >= 0.3 is 0 Å². The van der Waals surface area contributed by atoms with E-state index in [9.17, 15) is 13.5 Å². The molecule has 0 aromatic carbocycles. The van der Waals surface area contributed by atoms with E-state index in [4.69, 9.17) is 5.73 Å². The maximum Gasteiger partial charge on any atom is 0.154 e. The monoisotopic (exact) mass is 220 g/mol. The molecule has 0 radical (unpaired) electrons. The molecule has 0 saturated carbocycles. The van der Waals surface area contributed by atoms with E-state index >= 15 is 0 Å². The summed E-state index contributed by atoms with van der Waals surface area (Å²) in [5.74, 6) is -0.00963. The third kappa shape index (κ3) is 1.93. The van der Waals surface area contributed by atoms with Gasteiger partial charge in [0, 0.05) is 19.1 Å². The minimum atomic E-state index is -3.03. The van der Waals surface area contributed by atoms with Crippen LogP contribution in [0.3, 0.4) is 0 Å². The van der Waals surface area contributed by atoms with Gasteiger partial charge in [0.15, 0.2) is 9.84 Å². The van der Waals surface area contributed by atoms with Crippen LogP contribution in [0.25, 0.3) is 0 Å². The third-order valence-corrected chi connectivity index (χ3v) is 4.72. The molecule has 2 saturated heterocycles. The fraction of sp³-hybridized carbons (Fsp3) is 1.00. The Labute approximate surface area is 83.8 Å². The maximum absolute atomic E-state index is 11.3. The summed E-state index contributed by atoms with van der Waals surface area (Å²) in [6.07, 6.45) is 0.161. The molecule has 82 valence electrons. The van der Waals surface area contributed by atoms with Crippen LogP contribution in [0.1, 0.15) is 6.42 Å². The van der Waals surface area contributed by atoms with Gasteiger partial charge in [-0.3, -0.25) is 4.90 Å². The van der Waals surface area contributed by atoms with Crippen molar-refractivity contribution in [3.8, 4) is 0 Å². The number of sulfone groups is 1. The highest BCUT2D eigenvalue weighted by Gasteiger charge is 2.41. The fourth-order valence-corrected chi connectivity index (χ4v) is 4.11. The lowest BCUT2D eigenvalue weighted by Crippen LogP contribution is -2.42. The predicted molar refractivity (Wildman–Crippen MR) is 52.6 cm³/mol. The van der Waals surface area contributed by atoms with Gasteiger partial charge in [-0.25, -0.2) is 8.42 Å². The van der Waals surface area contributed by atoms with Crippen LogP contribution >= 0.6 is 0 Å². The van der Waals surface area contributed by atoms with Crippen molar-refractivity contribution in [1.82, 2.24) is 4.90 Å². The number of rotatable bonds is 1. The normalized spacial score (nSPS) is 43.1. The van der Waals surface area contributed by atoms with Gasteiger partial charge < -0.3 is 10.8 Å². The minimum Gasteiger partial charge on any atom is -0.390 e. The van der Waals surface area contributed by atoms with Crippen LogP contribution in [0.15, 0.2) is 0 Å². The molecule has 2 fully saturated rings. The Balaban J connectivity index is 2.06. The quantitative estimate of drug-likeness (QED) is 0.543. The lowest BCUT2D eigenvalue weighted by Gasteiger charge is -2.24. The van der Waals surface area contributed by atoms with Crippen molar-refractivity contribution >= 4 is 9.84 Å². The molecular formula is C8H16N2O3S. The van der Waals surface area contributed by atoms with Gasteiger partial charge in [-0.1, -0.05) is 0 Å². The van der Waals surface area contributed by atoms with Crippen molar-refractivity contribution in [2.45, 2.75) is 24.6 Å². The summed E-state index contributed by atoms with van der Waals surface area (Å²) in [4.78, 5) is 2.00. The first-order chi connectivity index (χ1) is 6.48. The molecule has 2 aliphatic rings. The van der Waals surface area contributed by atoms with Crippen molar-refractivity contribution in [2.24, 2.45) is 5.73 Å². The van der Waals surface area contributed by atoms with Gasteiger partial charge in [0.05, 0.1) is 23.7 Å². The third-order valence-electron chi connectivity index (χ3n) is 3.02. The molecule has 14 heavy (non-hydrogen) atoms. The molecule has 0 aromatic heterocycles. The number of nitrogens with zero attached hydrogens (tertiary/aromatic N) is 1. The number of hydrogen-bond acceptors (Lipinski definition) is 5. The molecule has 5 nitrogen and oxygen atoms in total. The molecule has 2 heterocycles. The van der Waals surface area contributed by atoms with Crippen molar-refractivity contribution in [3.63, 3.8) is 0 Å². The topological polar surface area (TPSA) is 83.6 Å². The molecule has 3 atom stereocenters. The van der Waals surface area contributed by atoms with Crippen LogP contribution in [-0.2, 0) is 9.84 Å². The van der Waals surface area contributed by atoms with E-state index < -0.39 is 15.9 Å². The van der Waals surface area contributed by atoms with E-state index in [1.165, 1.54) is 0 Å². The van der Waals surface area contributed by atoms with Gasteiger partial charge in [0.2, 0.25) is 0 Å². The van der Waals surface area contributed by atoms with Gasteiger partial charge in [0.1, 0.15) is 0 Å². The Morgan fingerprint density at radius 3 is 2.50 bits per heavy atom. The second-order valence-corrected chi connectivity index (χ2v) is 6.41. The smallest absolute Gasteiger partial charge is 0.154 e. The standard InChI is InChI=1S/C8H16N2O3S/c9-6-1-2-10(3-6)7-4-14(12,13)5-8(7)11/h6-8,11H,1-5,9H2/t6-,7?,8?/m0/s1. The van der Waals surface area contributed by atoms with Crippen molar-refractivity contribution in [1.29, 1.82) is 0 Å². The van der Waals surface area contributed by atoms with Crippen LogP contribution in [0, 0.1) is 0 Å². The van der Waals surface area contributed by atoms with E-state index in [1.807, 2.05) is 4.90 Å². The molecule has 0 spiro atoms. The van der Waals surface area contributed by atoms with Crippen LogP contribution < -0.4 is 5.73 Å². The number of likely N-dealkylation sites (tertiary alicyclic amines) is 1. The highest BCUT2D eigenvalue weighted by molar-refractivity contribution is 7.91. The van der Waals surface area contributed by atoms with Gasteiger partial charge in [-0.15, -0.1) is 0 Å². The highest BCUT2D eigenvalue weighted by atomic mass is 32.2. The van der Waals surface area contributed by atoms with E-state index in [-0.39, 0.29) is 23.6 Å². The van der Waals surface area contributed by atoms with Crippen LogP contribution in [-0.4, -0.2) is 61.2 Å². The Hall–Kier alpha value is -0.170. The summed E-state index contributed by atoms with van der Waals surface area (Å²) in [5, 5.41) is 9.61. The van der Waals surface area contributed by atoms with E-state index in [0.29, 0.717) is 6.54 Å². The number of hydrogen-bond donors (Lipinski definition) is 2. The molecule has 0 aromatic rings. The summed E-state index contributed by atoms with van der Waals surface area (Å²) in [5.41, 5.74) is 5.73. The second-order valence-electron chi connectivity index (χ2n) is 4.26. The van der Waals surface area contributed by atoms with Crippen LogP contribution in [0.4, 0.5) is 0 Å². The van der Waals surface area contributed by atoms with Gasteiger partial charge in [0.25, 0.3) is 0 Å². The summed E-state index contributed by atoms with van der Waals surface area (Å²) < 4.78 is 22.5. The lowest BCUT2D eigenvalue weighted by atomic mass is 10.2. The van der Waals surface area contributed by atoms with Crippen molar-refractivity contribution in [2.75, 3.05) is 24.6 Å². The summed E-state index contributed by atoms with van der Waals surface area (Å²) in [7, 11) is -3.03. The zero-order chi connectivity index (χ0) is 10.3. The van der Waals surface area contributed by atoms with E-state index in [1.54, 1.807) is 0 Å². The number of aliphatic hydroxyl groups is 1. The first kappa shape index (κ1) is 10.4. The van der Waals surface area contributed by atoms with Crippen LogP contribution in [0.2, 0.25) is 0 Å². The second kappa shape index (κ2) is 3.44. The largest absolute Gasteiger partial charge is 0.390 e. The summed E-state index contributed by atoms with van der Waals surface area (Å²) >= 11 is 0. The first-order valence-corrected chi connectivity index (χ1v) is 6.68. The zero-order valence-corrected chi connectivity index (χ0v) is 8.78. The van der Waals surface area contributed by atoms with Crippen LogP contribution in [0.5, 0.6) is 0 Å². The highest BCUT2D eigenvalue weighted by Crippen LogP contribution is 2.21. The van der Waals surface area contributed by atoms with Gasteiger partial charge in [-0.2, -0.15) is 0 Å². The molecule has 0 aliphatic carbocycles. The van der Waals surface area contributed by atoms with Crippen molar-refractivity contribution in [3.05, 3.63) is 0 Å². The summed E-state index contributed by atoms with van der Waals surface area (Å²) in [6, 6.07) is -0.0981. The predicted octanol–water partition coefficient (Wildman–Crippen LogP) is -1.82. The lowest BCUT2D eigenvalue weighted by molar-refractivity contribution is 0.0980. The SMILES string of the molecule is N[C@H]1CCN(C2CS(=O)(=O)CC2O)C1. The molecule has 3 N–H and O–H groups in total. The summed E-state index contributed by atoms with van der Waals surface area (Å²) in [6.45, 7) is 1.51. The zero-order valence-electron chi connectivity index (χ0n) is 7.96. The molecule has 2 rings (SSSR count). The molecule has 2 unspecified atom stereocenters. The molecule has 2 aliphatic heterocycles. The Bertz CT molecular complexity index is 317. The van der Waals surface area contributed by atoms with Crippen molar-refractivity contribution < 1.29 is 13.5 Å². The number of nitrogens with two attached hydrogens (primary N) is 1. The Kier molecular flexibility index (Phi) is 2.55. The first-order valence-electron chi connectivity index (χ1n) is 4.86.